The summed E-state index contributed by atoms with van der Waals surface area (Å²) in [5, 5.41) is 4.06. The summed E-state index contributed by atoms with van der Waals surface area (Å²) in [7, 11) is 0. The van der Waals surface area contributed by atoms with Gasteiger partial charge in [0.1, 0.15) is 5.58 Å². The van der Waals surface area contributed by atoms with Gasteiger partial charge in [0.15, 0.2) is 0 Å². The van der Waals surface area contributed by atoms with Crippen molar-refractivity contribution in [3.05, 3.63) is 120 Å². The number of aryl methyl sites for hydroxylation is 2. The molecule has 0 N–H and O–H groups in total. The first-order valence-corrected chi connectivity index (χ1v) is 16.6. The molecule has 0 aliphatic carbocycles. The molecule has 4 aromatic carbocycles. The van der Waals surface area contributed by atoms with Crippen LogP contribution in [0.4, 0.5) is 0 Å². The quantitative estimate of drug-likeness (QED) is 0.166. The predicted octanol–water partition coefficient (Wildman–Crippen LogP) is 12.6. The molecule has 0 unspecified atom stereocenters. The average Bonchev–Trinajstić information content (AvgIpc) is 3.73. The summed E-state index contributed by atoms with van der Waals surface area (Å²) in [5.74, 6) is 0. The van der Waals surface area contributed by atoms with Gasteiger partial charge in [-0.3, -0.25) is 0 Å². The number of pyridine rings is 2. The fourth-order valence-electron chi connectivity index (χ4n) is 5.81. The van der Waals surface area contributed by atoms with Gasteiger partial charge in [-0.05, 0) is 86.9 Å². The summed E-state index contributed by atoms with van der Waals surface area (Å²) in [6, 6.07) is 28.7. The minimum Gasteiger partial charge on any atom is -0.500 e. The van der Waals surface area contributed by atoms with Crippen LogP contribution in [-0.4, -0.2) is 9.97 Å². The Labute approximate surface area is 321 Å². The van der Waals surface area contributed by atoms with Crippen LogP contribution in [0.5, 0.6) is 0 Å². The molecule has 0 aliphatic heterocycles. The van der Waals surface area contributed by atoms with E-state index in [0.717, 1.165) is 48.3 Å². The van der Waals surface area contributed by atoms with E-state index in [9.17, 15) is 0 Å². The van der Waals surface area contributed by atoms with Gasteiger partial charge < -0.3 is 14.4 Å². The van der Waals surface area contributed by atoms with E-state index >= 15 is 0 Å². The summed E-state index contributed by atoms with van der Waals surface area (Å²) in [5.41, 5.74) is 2.30. The fourth-order valence-corrected chi connectivity index (χ4v) is 6.95. The number of nitrogens with zero attached hydrogens (tertiary/aromatic N) is 2. The zero-order valence-electron chi connectivity index (χ0n) is 38.1. The Kier molecular flexibility index (Phi) is 6.66. The number of aromatic nitrogens is 2. The van der Waals surface area contributed by atoms with Crippen LogP contribution in [0.3, 0.4) is 0 Å². The molecule has 3 nitrogen and oxygen atoms in total. The number of fused-ring (bicyclic) bond motifs is 2. The van der Waals surface area contributed by atoms with Gasteiger partial charge in [0.2, 0.25) is 0 Å². The Morgan fingerprint density at radius 2 is 1.47 bits per heavy atom. The van der Waals surface area contributed by atoms with Crippen molar-refractivity contribution in [2.75, 3.05) is 0 Å². The third kappa shape index (κ3) is 7.22. The van der Waals surface area contributed by atoms with Gasteiger partial charge in [-0.1, -0.05) is 89.1 Å². The maximum Gasteiger partial charge on any atom is 0.130 e. The van der Waals surface area contributed by atoms with E-state index < -0.39 is 37.3 Å². The first kappa shape index (κ1) is 24.3. The molecule has 49 heavy (non-hydrogen) atoms. The number of hydrogen-bond acceptors (Lipinski definition) is 4. The SMILES string of the molecule is [2H]C([2H])([2H])c1cnc(-c2[c-]cc3sc4cc5ccccc5c5oc2c3c45)cc1C([2H])([2H])[2H].[2H]C([2H])(c1cnc(-c2[c-]cccc2)cc1C([2H])([2H])C(C)(C)C)C(C)(C)C.[Ir]. The van der Waals surface area contributed by atoms with Gasteiger partial charge in [-0.25, -0.2) is 0 Å². The van der Waals surface area contributed by atoms with Crippen LogP contribution in [0.15, 0.2) is 89.6 Å². The smallest absolute Gasteiger partial charge is 0.130 e. The predicted molar refractivity (Wildman–Crippen MR) is 204 cm³/mol. The molecular weight excluding hydrogens is 797 g/mol. The summed E-state index contributed by atoms with van der Waals surface area (Å²) in [4.78, 5) is 8.76. The van der Waals surface area contributed by atoms with Crippen LogP contribution in [-0.2, 0) is 32.9 Å². The molecule has 0 saturated heterocycles. The Balaban J connectivity index is 0.000000200. The molecule has 0 fully saturated rings. The van der Waals surface area contributed by atoms with E-state index in [0.29, 0.717) is 33.7 Å². The molecule has 0 aliphatic rings. The first-order chi connectivity index (χ1) is 26.8. The number of thiophene rings is 1. The third-order valence-corrected chi connectivity index (χ3v) is 8.84. The normalized spacial score (nSPS) is 16.2. The summed E-state index contributed by atoms with van der Waals surface area (Å²) in [6.07, 6.45) is -0.823. The van der Waals surface area contributed by atoms with Gasteiger partial charge in [-0.2, -0.15) is 11.3 Å². The van der Waals surface area contributed by atoms with Crippen LogP contribution in [0.25, 0.3) is 64.6 Å². The van der Waals surface area contributed by atoms with Crippen molar-refractivity contribution in [1.29, 1.82) is 0 Å². The molecule has 4 aromatic heterocycles. The second-order valence-electron chi connectivity index (χ2n) is 14.0. The molecule has 1 radical (unpaired) electrons. The molecule has 251 valence electrons. The van der Waals surface area contributed by atoms with Crippen molar-refractivity contribution in [3.8, 4) is 22.5 Å². The third-order valence-electron chi connectivity index (χ3n) is 7.76. The Morgan fingerprint density at radius 1 is 0.755 bits per heavy atom. The van der Waals surface area contributed by atoms with Gasteiger partial charge in [0.25, 0.3) is 0 Å². The molecule has 8 aromatic rings. The molecular formula is C44H42IrN2OS-2. The van der Waals surface area contributed by atoms with Crippen LogP contribution < -0.4 is 0 Å². The van der Waals surface area contributed by atoms with E-state index in [-0.39, 0.29) is 31.2 Å². The van der Waals surface area contributed by atoms with E-state index in [1.54, 1.807) is 23.5 Å². The second kappa shape index (κ2) is 13.4. The number of furan rings is 1. The second-order valence-corrected chi connectivity index (χ2v) is 15.1. The number of benzene rings is 4. The largest absolute Gasteiger partial charge is 0.500 e. The van der Waals surface area contributed by atoms with Crippen molar-refractivity contribution >= 4 is 53.4 Å². The first-order valence-electron chi connectivity index (χ1n) is 20.8. The maximum absolute atomic E-state index is 8.77. The molecule has 5 heteroatoms. The average molecular weight is 849 g/mol. The zero-order chi connectivity index (χ0) is 42.4. The molecule has 4 heterocycles. The minimum atomic E-state index is -2.60. The maximum atomic E-state index is 8.77. The standard InChI is InChI=1S/C23H14NOS.C21H28N.Ir/c1-12-9-17(24-11-13(12)2)16-7-8-18-20-21-19(26-18)10-14-5-3-4-6-15(14)22(21)25-23(16)20;1-20(2,3)13-17-12-19(16-10-8-7-9-11-16)22-15-18(17)14-21(4,5)6;/h3-6,8-11H,1-2H3;7-10,12,15H,13-14H2,1-6H3;/q2*-1;/i1D3,2D3;13D2,14D2;. The van der Waals surface area contributed by atoms with Crippen LogP contribution >= 0.6 is 11.3 Å². The Hall–Kier alpha value is -3.89. The molecule has 0 amide bonds. The topological polar surface area (TPSA) is 38.9 Å². The summed E-state index contributed by atoms with van der Waals surface area (Å²) in [6.45, 7) is 5.79. The Bertz CT molecular complexity index is 2790. The van der Waals surface area contributed by atoms with E-state index in [1.807, 2.05) is 90.1 Å². The number of rotatable bonds is 4. The Morgan fingerprint density at radius 3 is 2.20 bits per heavy atom. The van der Waals surface area contributed by atoms with Crippen molar-refractivity contribution < 1.29 is 38.2 Å². The van der Waals surface area contributed by atoms with Crippen LogP contribution in [0.2, 0.25) is 0 Å². The molecule has 0 spiro atoms. The minimum absolute atomic E-state index is 0. The van der Waals surface area contributed by atoms with Gasteiger partial charge in [0, 0.05) is 61.7 Å². The van der Waals surface area contributed by atoms with E-state index in [1.165, 1.54) is 12.3 Å². The molecule has 8 rings (SSSR count). The van der Waals surface area contributed by atoms with E-state index in [2.05, 4.69) is 28.2 Å². The van der Waals surface area contributed by atoms with E-state index in [4.69, 9.17) is 18.1 Å². The molecule has 0 atom stereocenters. The molecule has 0 saturated carbocycles. The van der Waals surface area contributed by atoms with Crippen molar-refractivity contribution in [2.24, 2.45) is 10.8 Å². The van der Waals surface area contributed by atoms with Crippen molar-refractivity contribution in [3.63, 3.8) is 0 Å². The monoisotopic (exact) mass is 849 g/mol. The van der Waals surface area contributed by atoms with Gasteiger partial charge in [0.05, 0.1) is 5.58 Å². The fraction of sp³-hybridized carbons (Fsp3) is 0.273. The zero-order valence-corrected chi connectivity index (χ0v) is 31.3. The van der Waals surface area contributed by atoms with Crippen molar-refractivity contribution in [2.45, 2.75) is 68.0 Å². The molecule has 0 bridgehead atoms. The van der Waals surface area contributed by atoms with Crippen molar-refractivity contribution in [1.82, 2.24) is 9.97 Å². The summed E-state index contributed by atoms with van der Waals surface area (Å²) >= 11 is 1.65. The van der Waals surface area contributed by atoms with Gasteiger partial charge >= 0.3 is 0 Å². The van der Waals surface area contributed by atoms with Crippen LogP contribution in [0, 0.1) is 36.7 Å². The number of hydrogen-bond donors (Lipinski definition) is 0. The van der Waals surface area contributed by atoms with Gasteiger partial charge in [-0.15, -0.1) is 48.0 Å². The van der Waals surface area contributed by atoms with Crippen LogP contribution in [0.1, 0.15) is 77.5 Å². The summed E-state index contributed by atoms with van der Waals surface area (Å²) < 4.78 is 90.0.